The molecule has 1 N–H and O–H groups in total. The van der Waals surface area contributed by atoms with E-state index in [9.17, 15) is 4.79 Å². The van der Waals surface area contributed by atoms with Gasteiger partial charge in [0.2, 0.25) is 0 Å². The molecule has 4 heteroatoms. The minimum absolute atomic E-state index is 0.0989. The normalized spacial score (nSPS) is 12.5. The number of rotatable bonds is 5. The molecular formula is C20H24BrNO2. The van der Waals surface area contributed by atoms with Crippen molar-refractivity contribution in [1.29, 1.82) is 0 Å². The lowest BCUT2D eigenvalue weighted by Gasteiger charge is -2.21. The first-order valence-electron chi connectivity index (χ1n) is 8.13. The first kappa shape index (κ1) is 18.5. The SMILES string of the molecule is CCC(Oc1ccc(C(C)(C)C)cc1)C(=O)Nc1ccc(Br)cc1. The molecule has 0 aliphatic heterocycles. The zero-order valence-electron chi connectivity index (χ0n) is 14.6. The first-order valence-corrected chi connectivity index (χ1v) is 8.92. The maximum absolute atomic E-state index is 12.4. The van der Waals surface area contributed by atoms with Crippen LogP contribution < -0.4 is 10.1 Å². The summed E-state index contributed by atoms with van der Waals surface area (Å²) in [5.41, 5.74) is 2.09. The van der Waals surface area contributed by atoms with Crippen LogP contribution in [-0.4, -0.2) is 12.0 Å². The highest BCUT2D eigenvalue weighted by molar-refractivity contribution is 9.10. The molecule has 2 aromatic carbocycles. The summed E-state index contributed by atoms with van der Waals surface area (Å²) in [6, 6.07) is 15.4. The zero-order valence-corrected chi connectivity index (χ0v) is 16.2. The number of hydrogen-bond donors (Lipinski definition) is 1. The van der Waals surface area contributed by atoms with Gasteiger partial charge >= 0.3 is 0 Å². The van der Waals surface area contributed by atoms with E-state index in [1.807, 2.05) is 43.3 Å². The molecule has 1 atom stereocenters. The first-order chi connectivity index (χ1) is 11.3. The van der Waals surface area contributed by atoms with E-state index in [4.69, 9.17) is 4.74 Å². The van der Waals surface area contributed by atoms with Gasteiger partial charge in [-0.2, -0.15) is 0 Å². The average molecular weight is 390 g/mol. The molecule has 0 spiro atoms. The van der Waals surface area contributed by atoms with Crippen molar-refractivity contribution in [3.8, 4) is 5.75 Å². The average Bonchev–Trinajstić information content (AvgIpc) is 2.54. The number of carbonyl (C=O) groups is 1. The molecule has 1 amide bonds. The van der Waals surface area contributed by atoms with Crippen LogP contribution in [0.25, 0.3) is 0 Å². The van der Waals surface area contributed by atoms with Crippen LogP contribution in [0, 0.1) is 0 Å². The van der Waals surface area contributed by atoms with Crippen molar-refractivity contribution >= 4 is 27.5 Å². The van der Waals surface area contributed by atoms with Crippen molar-refractivity contribution < 1.29 is 9.53 Å². The molecular weight excluding hydrogens is 366 g/mol. The van der Waals surface area contributed by atoms with Gasteiger partial charge in [0.25, 0.3) is 5.91 Å². The van der Waals surface area contributed by atoms with E-state index in [-0.39, 0.29) is 11.3 Å². The third-order valence-electron chi connectivity index (χ3n) is 3.77. The summed E-state index contributed by atoms with van der Waals surface area (Å²) in [4.78, 5) is 12.4. The molecule has 0 heterocycles. The molecule has 0 saturated carbocycles. The monoisotopic (exact) mass is 389 g/mol. The van der Waals surface area contributed by atoms with E-state index in [1.54, 1.807) is 0 Å². The fourth-order valence-electron chi connectivity index (χ4n) is 2.28. The van der Waals surface area contributed by atoms with E-state index in [1.165, 1.54) is 5.56 Å². The van der Waals surface area contributed by atoms with Gasteiger partial charge in [-0.3, -0.25) is 4.79 Å². The molecule has 0 radical (unpaired) electrons. The molecule has 2 rings (SSSR count). The summed E-state index contributed by atoms with van der Waals surface area (Å²) in [5, 5.41) is 2.89. The van der Waals surface area contributed by atoms with Crippen molar-refractivity contribution in [3.63, 3.8) is 0 Å². The predicted octanol–water partition coefficient (Wildman–Crippen LogP) is 5.54. The van der Waals surface area contributed by atoms with Crippen LogP contribution >= 0.6 is 15.9 Å². The van der Waals surface area contributed by atoms with E-state index in [0.29, 0.717) is 12.2 Å². The summed E-state index contributed by atoms with van der Waals surface area (Å²) >= 11 is 3.38. The van der Waals surface area contributed by atoms with Crippen molar-refractivity contribution in [2.75, 3.05) is 5.32 Å². The number of hydrogen-bond acceptors (Lipinski definition) is 2. The lowest BCUT2D eigenvalue weighted by atomic mass is 9.87. The molecule has 24 heavy (non-hydrogen) atoms. The smallest absolute Gasteiger partial charge is 0.265 e. The Balaban J connectivity index is 2.03. The van der Waals surface area contributed by atoms with Crippen molar-refractivity contribution in [3.05, 3.63) is 58.6 Å². The topological polar surface area (TPSA) is 38.3 Å². The van der Waals surface area contributed by atoms with E-state index < -0.39 is 6.10 Å². The van der Waals surface area contributed by atoms with Gasteiger partial charge in [-0.15, -0.1) is 0 Å². The Morgan fingerprint density at radius 3 is 2.17 bits per heavy atom. The number of anilines is 1. The lowest BCUT2D eigenvalue weighted by molar-refractivity contribution is -0.122. The highest BCUT2D eigenvalue weighted by atomic mass is 79.9. The van der Waals surface area contributed by atoms with Gasteiger partial charge in [0.15, 0.2) is 6.10 Å². The molecule has 0 bridgehead atoms. The van der Waals surface area contributed by atoms with Gasteiger partial charge < -0.3 is 10.1 Å². The number of ether oxygens (including phenoxy) is 1. The zero-order chi connectivity index (χ0) is 17.7. The lowest BCUT2D eigenvalue weighted by Crippen LogP contribution is -2.32. The minimum Gasteiger partial charge on any atom is -0.481 e. The Morgan fingerprint density at radius 2 is 1.67 bits per heavy atom. The number of carbonyl (C=O) groups excluding carboxylic acids is 1. The molecule has 0 fully saturated rings. The van der Waals surface area contributed by atoms with Gasteiger partial charge in [-0.25, -0.2) is 0 Å². The second-order valence-electron chi connectivity index (χ2n) is 6.79. The number of benzene rings is 2. The molecule has 1 unspecified atom stereocenters. The predicted molar refractivity (Wildman–Crippen MR) is 103 cm³/mol. The van der Waals surface area contributed by atoms with Gasteiger partial charge in [0, 0.05) is 10.2 Å². The maximum Gasteiger partial charge on any atom is 0.265 e. The van der Waals surface area contributed by atoms with Crippen LogP contribution in [-0.2, 0) is 10.2 Å². The molecule has 2 aromatic rings. The van der Waals surface area contributed by atoms with Crippen LogP contribution in [0.2, 0.25) is 0 Å². The van der Waals surface area contributed by atoms with Crippen molar-refractivity contribution in [2.45, 2.75) is 45.6 Å². The Bertz CT molecular complexity index is 672. The fourth-order valence-corrected chi connectivity index (χ4v) is 2.54. The molecule has 0 aliphatic rings. The van der Waals surface area contributed by atoms with Gasteiger partial charge in [0.1, 0.15) is 5.75 Å². The summed E-state index contributed by atoms with van der Waals surface area (Å²) in [6.07, 6.45) is 0.0813. The van der Waals surface area contributed by atoms with E-state index in [0.717, 1.165) is 10.2 Å². The van der Waals surface area contributed by atoms with Gasteiger partial charge in [-0.1, -0.05) is 55.8 Å². The molecule has 0 aromatic heterocycles. The second-order valence-corrected chi connectivity index (χ2v) is 7.70. The Labute approximate surface area is 152 Å². The third-order valence-corrected chi connectivity index (χ3v) is 4.30. The third kappa shape index (κ3) is 5.10. The van der Waals surface area contributed by atoms with E-state index in [2.05, 4.69) is 54.2 Å². The van der Waals surface area contributed by atoms with Gasteiger partial charge in [0.05, 0.1) is 0 Å². The molecule has 128 valence electrons. The highest BCUT2D eigenvalue weighted by Crippen LogP contribution is 2.25. The maximum atomic E-state index is 12.4. The molecule has 0 aliphatic carbocycles. The van der Waals surface area contributed by atoms with Gasteiger partial charge in [-0.05, 0) is 53.8 Å². The quantitative estimate of drug-likeness (QED) is 0.728. The summed E-state index contributed by atoms with van der Waals surface area (Å²) < 4.78 is 6.84. The van der Waals surface area contributed by atoms with Crippen LogP contribution in [0.15, 0.2) is 53.0 Å². The number of nitrogens with one attached hydrogen (secondary N) is 1. The Morgan fingerprint density at radius 1 is 1.08 bits per heavy atom. The number of halogens is 1. The fraction of sp³-hybridized carbons (Fsp3) is 0.350. The van der Waals surface area contributed by atoms with Crippen LogP contribution in [0.3, 0.4) is 0 Å². The molecule has 3 nitrogen and oxygen atoms in total. The largest absolute Gasteiger partial charge is 0.481 e. The van der Waals surface area contributed by atoms with Crippen molar-refractivity contribution in [2.24, 2.45) is 0 Å². The van der Waals surface area contributed by atoms with E-state index >= 15 is 0 Å². The molecule has 0 saturated heterocycles. The summed E-state index contributed by atoms with van der Waals surface area (Å²) in [5.74, 6) is 0.570. The second kappa shape index (κ2) is 7.84. The Hall–Kier alpha value is -1.81. The van der Waals surface area contributed by atoms with Crippen LogP contribution in [0.5, 0.6) is 5.75 Å². The number of amides is 1. The van der Waals surface area contributed by atoms with Crippen LogP contribution in [0.4, 0.5) is 5.69 Å². The summed E-state index contributed by atoms with van der Waals surface area (Å²) in [7, 11) is 0. The standard InChI is InChI=1S/C20H24BrNO2/c1-5-18(19(23)22-16-10-8-15(21)9-11-16)24-17-12-6-14(7-13-17)20(2,3)4/h6-13,18H,5H2,1-4H3,(H,22,23). The van der Waals surface area contributed by atoms with Crippen molar-refractivity contribution in [1.82, 2.24) is 0 Å². The van der Waals surface area contributed by atoms with Crippen LogP contribution in [0.1, 0.15) is 39.7 Å². The summed E-state index contributed by atoms with van der Waals surface area (Å²) in [6.45, 7) is 8.45. The Kier molecular flexibility index (Phi) is 6.05. The minimum atomic E-state index is -0.519. The highest BCUT2D eigenvalue weighted by Gasteiger charge is 2.19.